The average Bonchev–Trinajstić information content (AvgIpc) is 2.28. The van der Waals surface area contributed by atoms with E-state index in [0.717, 1.165) is 18.6 Å². The van der Waals surface area contributed by atoms with Crippen LogP contribution in [0.25, 0.3) is 0 Å². The van der Waals surface area contributed by atoms with E-state index in [0.29, 0.717) is 18.4 Å². The largest absolute Gasteiger partial charge is 0.416 e. The van der Waals surface area contributed by atoms with Gasteiger partial charge >= 0.3 is 6.18 Å². The minimum atomic E-state index is -4.36. The Morgan fingerprint density at radius 3 is 2.67 bits per heavy atom. The second-order valence-electron chi connectivity index (χ2n) is 4.09. The van der Waals surface area contributed by atoms with Gasteiger partial charge in [-0.25, -0.2) is 0 Å². The van der Waals surface area contributed by atoms with Gasteiger partial charge in [-0.1, -0.05) is 24.3 Å². The van der Waals surface area contributed by atoms with Crippen LogP contribution in [-0.4, -0.2) is 5.78 Å². The highest BCUT2D eigenvalue weighted by atomic mass is 19.4. The second-order valence-corrected chi connectivity index (χ2v) is 4.09. The zero-order valence-electron chi connectivity index (χ0n) is 9.96. The first kappa shape index (κ1) is 14.5. The molecule has 1 nitrogen and oxygen atoms in total. The van der Waals surface area contributed by atoms with E-state index in [2.05, 4.69) is 6.58 Å². The SMILES string of the molecule is C=CCCCC(=O)Cc1cccc(C(F)(F)F)c1. The smallest absolute Gasteiger partial charge is 0.299 e. The Morgan fingerprint density at radius 1 is 1.33 bits per heavy atom. The lowest BCUT2D eigenvalue weighted by atomic mass is 10.0. The lowest BCUT2D eigenvalue weighted by molar-refractivity contribution is -0.137. The van der Waals surface area contributed by atoms with Crippen molar-refractivity contribution in [2.45, 2.75) is 31.9 Å². The van der Waals surface area contributed by atoms with Gasteiger partial charge in [-0.2, -0.15) is 13.2 Å². The molecule has 0 fully saturated rings. The zero-order valence-corrected chi connectivity index (χ0v) is 9.96. The molecule has 0 aliphatic rings. The summed E-state index contributed by atoms with van der Waals surface area (Å²) in [6.07, 6.45) is -0.765. The molecule has 1 aromatic rings. The summed E-state index contributed by atoms with van der Waals surface area (Å²) in [5.41, 5.74) is -0.299. The minimum Gasteiger partial charge on any atom is -0.299 e. The summed E-state index contributed by atoms with van der Waals surface area (Å²) in [5.74, 6) is -0.0452. The molecule has 0 radical (unpaired) electrons. The Balaban J connectivity index is 2.62. The molecule has 0 aromatic heterocycles. The van der Waals surface area contributed by atoms with Crippen LogP contribution in [0.2, 0.25) is 0 Å². The van der Waals surface area contributed by atoms with Crippen molar-refractivity contribution < 1.29 is 18.0 Å². The van der Waals surface area contributed by atoms with Crippen molar-refractivity contribution in [3.05, 3.63) is 48.0 Å². The summed E-state index contributed by atoms with van der Waals surface area (Å²) in [7, 11) is 0. The van der Waals surface area contributed by atoms with Crippen molar-refractivity contribution in [1.29, 1.82) is 0 Å². The number of carbonyl (C=O) groups is 1. The standard InChI is InChI=1S/C14H15F3O/c1-2-3-4-8-13(18)10-11-6-5-7-12(9-11)14(15,16)17/h2,5-7,9H,1,3-4,8,10H2. The van der Waals surface area contributed by atoms with Crippen LogP contribution in [0.15, 0.2) is 36.9 Å². The first-order valence-corrected chi connectivity index (χ1v) is 5.72. The number of carbonyl (C=O) groups excluding carboxylic acids is 1. The molecule has 1 aromatic carbocycles. The molecule has 0 amide bonds. The van der Waals surface area contributed by atoms with Gasteiger partial charge in [-0.15, -0.1) is 6.58 Å². The average molecular weight is 256 g/mol. The predicted molar refractivity (Wildman–Crippen MR) is 64.2 cm³/mol. The number of ketones is 1. The predicted octanol–water partition coefficient (Wildman–Crippen LogP) is 4.17. The highest BCUT2D eigenvalue weighted by Gasteiger charge is 2.30. The van der Waals surface area contributed by atoms with Gasteiger partial charge in [0, 0.05) is 12.8 Å². The van der Waals surface area contributed by atoms with Crippen LogP contribution < -0.4 is 0 Å². The number of halogens is 3. The minimum absolute atomic E-state index is 0.0452. The molecular weight excluding hydrogens is 241 g/mol. The number of rotatable bonds is 6. The van der Waals surface area contributed by atoms with Gasteiger partial charge in [-0.3, -0.25) is 4.79 Å². The van der Waals surface area contributed by atoms with Gasteiger partial charge < -0.3 is 0 Å². The van der Waals surface area contributed by atoms with Gasteiger partial charge in [-0.05, 0) is 24.5 Å². The van der Waals surface area contributed by atoms with Crippen molar-refractivity contribution in [2.24, 2.45) is 0 Å². The zero-order chi connectivity index (χ0) is 13.6. The van der Waals surface area contributed by atoms with Crippen molar-refractivity contribution in [2.75, 3.05) is 0 Å². The molecule has 0 unspecified atom stereocenters. The molecule has 0 saturated carbocycles. The van der Waals surface area contributed by atoms with Gasteiger partial charge in [0.2, 0.25) is 0 Å². The molecule has 0 spiro atoms. The number of benzene rings is 1. The Kier molecular flexibility index (Phi) is 5.13. The first-order valence-electron chi connectivity index (χ1n) is 5.72. The number of alkyl halides is 3. The highest BCUT2D eigenvalue weighted by molar-refractivity contribution is 5.80. The number of unbranched alkanes of at least 4 members (excludes halogenated alkanes) is 1. The first-order chi connectivity index (χ1) is 8.43. The lowest BCUT2D eigenvalue weighted by Gasteiger charge is -2.08. The number of hydrogen-bond acceptors (Lipinski definition) is 1. The quantitative estimate of drug-likeness (QED) is 0.551. The summed E-state index contributed by atoms with van der Waals surface area (Å²) < 4.78 is 37.4. The molecular formula is C14H15F3O. The van der Waals surface area contributed by atoms with Crippen molar-refractivity contribution in [3.63, 3.8) is 0 Å². The van der Waals surface area contributed by atoms with E-state index in [1.807, 2.05) is 0 Å². The van der Waals surface area contributed by atoms with Crippen LogP contribution in [0.5, 0.6) is 0 Å². The van der Waals surface area contributed by atoms with Crippen LogP contribution in [0, 0.1) is 0 Å². The maximum atomic E-state index is 12.5. The summed E-state index contributed by atoms with van der Waals surface area (Å²) in [6.45, 7) is 3.54. The molecule has 1 rings (SSSR count). The molecule has 98 valence electrons. The van der Waals surface area contributed by atoms with Gasteiger partial charge in [0.25, 0.3) is 0 Å². The normalized spacial score (nSPS) is 11.3. The fourth-order valence-electron chi connectivity index (χ4n) is 1.62. The summed E-state index contributed by atoms with van der Waals surface area (Å²) in [5, 5.41) is 0. The Bertz CT molecular complexity index is 421. The molecule has 0 atom stereocenters. The maximum Gasteiger partial charge on any atom is 0.416 e. The topological polar surface area (TPSA) is 17.1 Å². The van der Waals surface area contributed by atoms with Crippen LogP contribution in [-0.2, 0) is 17.4 Å². The molecule has 0 aliphatic carbocycles. The molecule has 0 aliphatic heterocycles. The lowest BCUT2D eigenvalue weighted by Crippen LogP contribution is -2.07. The summed E-state index contributed by atoms with van der Waals surface area (Å²) in [6, 6.07) is 4.91. The molecule has 0 saturated heterocycles. The monoisotopic (exact) mass is 256 g/mol. The van der Waals surface area contributed by atoms with Crippen molar-refractivity contribution in [1.82, 2.24) is 0 Å². The van der Waals surface area contributed by atoms with Gasteiger partial charge in [0.15, 0.2) is 0 Å². The van der Waals surface area contributed by atoms with E-state index in [9.17, 15) is 18.0 Å². The molecule has 18 heavy (non-hydrogen) atoms. The van der Waals surface area contributed by atoms with Crippen LogP contribution in [0.3, 0.4) is 0 Å². The van der Waals surface area contributed by atoms with Crippen molar-refractivity contribution >= 4 is 5.78 Å². The summed E-state index contributed by atoms with van der Waals surface area (Å²) >= 11 is 0. The fraction of sp³-hybridized carbons (Fsp3) is 0.357. The van der Waals surface area contributed by atoms with E-state index >= 15 is 0 Å². The number of allylic oxidation sites excluding steroid dienone is 1. The van der Waals surface area contributed by atoms with Gasteiger partial charge in [0.05, 0.1) is 5.56 Å². The Morgan fingerprint density at radius 2 is 2.06 bits per heavy atom. The van der Waals surface area contributed by atoms with E-state index in [-0.39, 0.29) is 12.2 Å². The Hall–Kier alpha value is -1.58. The van der Waals surface area contributed by atoms with E-state index in [4.69, 9.17) is 0 Å². The third-order valence-electron chi connectivity index (χ3n) is 2.52. The molecule has 0 N–H and O–H groups in total. The third kappa shape index (κ3) is 4.73. The van der Waals surface area contributed by atoms with Gasteiger partial charge in [0.1, 0.15) is 5.78 Å². The summed E-state index contributed by atoms with van der Waals surface area (Å²) in [4.78, 5) is 11.5. The van der Waals surface area contributed by atoms with E-state index in [1.165, 1.54) is 6.07 Å². The van der Waals surface area contributed by atoms with Crippen LogP contribution in [0.1, 0.15) is 30.4 Å². The van der Waals surface area contributed by atoms with Crippen molar-refractivity contribution in [3.8, 4) is 0 Å². The third-order valence-corrected chi connectivity index (χ3v) is 2.52. The number of Topliss-reactive ketones (excluding diaryl/α,β-unsaturated/α-hetero) is 1. The van der Waals surface area contributed by atoms with Crippen LogP contribution in [0.4, 0.5) is 13.2 Å². The fourth-order valence-corrected chi connectivity index (χ4v) is 1.62. The van der Waals surface area contributed by atoms with E-state index in [1.54, 1.807) is 12.1 Å². The molecule has 0 heterocycles. The maximum absolute atomic E-state index is 12.5. The second kappa shape index (κ2) is 6.38. The van der Waals surface area contributed by atoms with E-state index < -0.39 is 11.7 Å². The molecule has 4 heteroatoms. The molecule has 0 bridgehead atoms. The highest BCUT2D eigenvalue weighted by Crippen LogP contribution is 2.29. The number of hydrogen-bond donors (Lipinski definition) is 0. The Labute approximate surface area is 104 Å². The van der Waals surface area contributed by atoms with Crippen LogP contribution >= 0.6 is 0 Å².